The first kappa shape index (κ1) is 17.4. The molecule has 1 aromatic rings. The van der Waals surface area contributed by atoms with Crippen molar-refractivity contribution in [3.63, 3.8) is 0 Å². The van der Waals surface area contributed by atoms with E-state index in [2.05, 4.69) is 10.6 Å². The van der Waals surface area contributed by atoms with Crippen molar-refractivity contribution in [2.24, 2.45) is 0 Å². The number of hydrogen-bond donors (Lipinski definition) is 3. The molecule has 0 heterocycles. The minimum Gasteiger partial charge on any atom is -0.388 e. The first-order valence-corrected chi connectivity index (χ1v) is 7.10. The van der Waals surface area contributed by atoms with Gasteiger partial charge in [0, 0.05) is 19.2 Å². The molecule has 3 N–H and O–H groups in total. The summed E-state index contributed by atoms with van der Waals surface area (Å²) < 4.78 is 0. The second-order valence-electron chi connectivity index (χ2n) is 4.59. The standard InChI is InChI=1S/C16H21N3O3/c1-17-14-9-6-5-8-13(14)7-3-2-4-10-15(21)18-11-16(22)19-12-20/h3,5-9,12,17H,2,4,10-11H2,1H3,(H,18,21)(H,19,20,22)/b7-3+. The van der Waals surface area contributed by atoms with Crippen molar-refractivity contribution in [3.05, 3.63) is 35.9 Å². The van der Waals surface area contributed by atoms with E-state index in [4.69, 9.17) is 0 Å². The summed E-state index contributed by atoms with van der Waals surface area (Å²) in [5.74, 6) is -0.725. The summed E-state index contributed by atoms with van der Waals surface area (Å²) in [7, 11) is 1.87. The van der Waals surface area contributed by atoms with Crippen LogP contribution >= 0.6 is 0 Å². The molecule has 0 aromatic heterocycles. The zero-order valence-corrected chi connectivity index (χ0v) is 12.6. The van der Waals surface area contributed by atoms with Crippen molar-refractivity contribution in [2.75, 3.05) is 18.9 Å². The van der Waals surface area contributed by atoms with Gasteiger partial charge in [-0.05, 0) is 24.5 Å². The van der Waals surface area contributed by atoms with Gasteiger partial charge < -0.3 is 10.6 Å². The zero-order chi connectivity index (χ0) is 16.2. The van der Waals surface area contributed by atoms with E-state index in [0.29, 0.717) is 19.3 Å². The second-order valence-corrected chi connectivity index (χ2v) is 4.59. The van der Waals surface area contributed by atoms with Crippen molar-refractivity contribution in [1.29, 1.82) is 0 Å². The first-order valence-electron chi connectivity index (χ1n) is 7.10. The molecule has 0 unspecified atom stereocenters. The van der Waals surface area contributed by atoms with Gasteiger partial charge in [-0.2, -0.15) is 0 Å². The largest absolute Gasteiger partial charge is 0.388 e. The van der Waals surface area contributed by atoms with Crippen LogP contribution in [0.5, 0.6) is 0 Å². The highest BCUT2D eigenvalue weighted by molar-refractivity contribution is 5.90. The third-order valence-electron chi connectivity index (χ3n) is 2.97. The molecule has 0 atom stereocenters. The third kappa shape index (κ3) is 6.69. The molecule has 0 saturated carbocycles. The molecule has 6 heteroatoms. The Hall–Kier alpha value is -2.63. The molecule has 3 amide bonds. The van der Waals surface area contributed by atoms with Gasteiger partial charge >= 0.3 is 0 Å². The molecule has 0 radical (unpaired) electrons. The summed E-state index contributed by atoms with van der Waals surface area (Å²) in [4.78, 5) is 32.4. The van der Waals surface area contributed by atoms with Gasteiger partial charge in [0.05, 0.1) is 6.54 Å². The Bertz CT molecular complexity index is 541. The Kier molecular flexibility index (Phi) is 8.04. The Labute approximate surface area is 130 Å². The number of rotatable bonds is 9. The molecule has 1 aromatic carbocycles. The number of allylic oxidation sites excluding steroid dienone is 1. The maximum absolute atomic E-state index is 11.5. The summed E-state index contributed by atoms with van der Waals surface area (Å²) in [5.41, 5.74) is 2.15. The summed E-state index contributed by atoms with van der Waals surface area (Å²) in [5, 5.41) is 7.52. The average Bonchev–Trinajstić information content (AvgIpc) is 2.53. The first-order chi connectivity index (χ1) is 10.7. The molecule has 0 spiro atoms. The van der Waals surface area contributed by atoms with Crippen LogP contribution in [0, 0.1) is 0 Å². The molecule has 0 aliphatic rings. The fourth-order valence-electron chi connectivity index (χ4n) is 1.84. The molecule has 0 aliphatic carbocycles. The number of nitrogens with one attached hydrogen (secondary N) is 3. The lowest BCUT2D eigenvalue weighted by Gasteiger charge is -2.04. The molecule has 0 aliphatic heterocycles. The van der Waals surface area contributed by atoms with Crippen LogP contribution in [0.3, 0.4) is 0 Å². The average molecular weight is 303 g/mol. The lowest BCUT2D eigenvalue weighted by molar-refractivity contribution is -0.128. The van der Waals surface area contributed by atoms with Gasteiger partial charge in [0.15, 0.2) is 0 Å². The van der Waals surface area contributed by atoms with Gasteiger partial charge in [-0.25, -0.2) is 0 Å². The number of benzene rings is 1. The maximum Gasteiger partial charge on any atom is 0.245 e. The van der Waals surface area contributed by atoms with Crippen LogP contribution in [0.15, 0.2) is 30.3 Å². The summed E-state index contributed by atoms with van der Waals surface area (Å²) in [6.07, 6.45) is 6.13. The van der Waals surface area contributed by atoms with Gasteiger partial charge in [0.25, 0.3) is 0 Å². The van der Waals surface area contributed by atoms with Crippen LogP contribution in [-0.2, 0) is 14.4 Å². The number of imide groups is 1. The number of unbranched alkanes of at least 4 members (excludes halogenated alkanes) is 1. The van der Waals surface area contributed by atoms with E-state index in [9.17, 15) is 14.4 Å². The van der Waals surface area contributed by atoms with Crippen LogP contribution in [0.25, 0.3) is 6.08 Å². The van der Waals surface area contributed by atoms with Crippen molar-refractivity contribution in [2.45, 2.75) is 19.3 Å². The van der Waals surface area contributed by atoms with Crippen molar-refractivity contribution >= 4 is 30.0 Å². The maximum atomic E-state index is 11.5. The van der Waals surface area contributed by atoms with Crippen molar-refractivity contribution in [1.82, 2.24) is 10.6 Å². The molecule has 6 nitrogen and oxygen atoms in total. The lowest BCUT2D eigenvalue weighted by Crippen LogP contribution is -2.36. The SMILES string of the molecule is CNc1ccccc1/C=C/CCCC(=O)NCC(=O)NC=O. The van der Waals surface area contributed by atoms with Crippen LogP contribution < -0.4 is 16.0 Å². The van der Waals surface area contributed by atoms with Gasteiger partial charge in [0.2, 0.25) is 18.2 Å². The van der Waals surface area contributed by atoms with E-state index in [1.165, 1.54) is 0 Å². The van der Waals surface area contributed by atoms with Crippen LogP contribution in [0.4, 0.5) is 5.69 Å². The molecule has 0 saturated heterocycles. The number of amides is 3. The molecule has 1 rings (SSSR count). The van der Waals surface area contributed by atoms with E-state index in [0.717, 1.165) is 17.7 Å². The fraction of sp³-hybridized carbons (Fsp3) is 0.312. The monoisotopic (exact) mass is 303 g/mol. The van der Waals surface area contributed by atoms with Crippen LogP contribution in [0.1, 0.15) is 24.8 Å². The minimum absolute atomic E-state index is 0.178. The van der Waals surface area contributed by atoms with Gasteiger partial charge in [0.1, 0.15) is 0 Å². The van der Waals surface area contributed by atoms with E-state index >= 15 is 0 Å². The third-order valence-corrected chi connectivity index (χ3v) is 2.97. The highest BCUT2D eigenvalue weighted by atomic mass is 16.2. The molecule has 118 valence electrons. The van der Waals surface area contributed by atoms with Gasteiger partial charge in [-0.3, -0.25) is 19.7 Å². The number of carbonyl (C=O) groups is 3. The van der Waals surface area contributed by atoms with Crippen LogP contribution in [-0.4, -0.2) is 31.8 Å². The normalized spacial score (nSPS) is 10.2. The lowest BCUT2D eigenvalue weighted by atomic mass is 10.1. The predicted molar refractivity (Wildman–Crippen MR) is 86.1 cm³/mol. The van der Waals surface area contributed by atoms with Gasteiger partial charge in [-0.1, -0.05) is 30.4 Å². The topological polar surface area (TPSA) is 87.3 Å². The highest BCUT2D eigenvalue weighted by Gasteiger charge is 2.03. The minimum atomic E-state index is -0.521. The Morgan fingerprint density at radius 2 is 1.95 bits per heavy atom. The Morgan fingerprint density at radius 3 is 2.68 bits per heavy atom. The molecule has 22 heavy (non-hydrogen) atoms. The highest BCUT2D eigenvalue weighted by Crippen LogP contribution is 2.16. The molecular weight excluding hydrogens is 282 g/mol. The van der Waals surface area contributed by atoms with E-state index in [1.54, 1.807) is 0 Å². The fourth-order valence-corrected chi connectivity index (χ4v) is 1.84. The van der Waals surface area contributed by atoms with Crippen molar-refractivity contribution < 1.29 is 14.4 Å². The Balaban J connectivity index is 2.24. The van der Waals surface area contributed by atoms with E-state index in [-0.39, 0.29) is 12.5 Å². The van der Waals surface area contributed by atoms with Crippen LogP contribution in [0.2, 0.25) is 0 Å². The summed E-state index contributed by atoms with van der Waals surface area (Å²) in [6.45, 7) is -0.178. The summed E-state index contributed by atoms with van der Waals surface area (Å²) in [6, 6.07) is 7.95. The number of para-hydroxylation sites is 1. The van der Waals surface area contributed by atoms with Gasteiger partial charge in [-0.15, -0.1) is 0 Å². The summed E-state index contributed by atoms with van der Waals surface area (Å²) >= 11 is 0. The Morgan fingerprint density at radius 1 is 1.18 bits per heavy atom. The smallest absolute Gasteiger partial charge is 0.245 e. The second kappa shape index (κ2) is 10.1. The number of anilines is 1. The predicted octanol–water partition coefficient (Wildman–Crippen LogP) is 1.30. The molecule has 0 fully saturated rings. The quantitative estimate of drug-likeness (QED) is 0.474. The zero-order valence-electron chi connectivity index (χ0n) is 12.6. The molecule has 0 bridgehead atoms. The number of carbonyl (C=O) groups excluding carboxylic acids is 3. The van der Waals surface area contributed by atoms with E-state index in [1.807, 2.05) is 48.8 Å². The van der Waals surface area contributed by atoms with Crippen molar-refractivity contribution in [3.8, 4) is 0 Å². The number of hydrogen-bond acceptors (Lipinski definition) is 4. The van der Waals surface area contributed by atoms with E-state index < -0.39 is 5.91 Å². The molecular formula is C16H21N3O3.